The van der Waals surface area contributed by atoms with Crippen LogP contribution in [-0.2, 0) is 6.42 Å². The van der Waals surface area contributed by atoms with Crippen LogP contribution in [0.5, 0.6) is 11.5 Å². The van der Waals surface area contributed by atoms with Crippen molar-refractivity contribution < 1.29 is 19.1 Å². The van der Waals surface area contributed by atoms with Gasteiger partial charge in [0.15, 0.2) is 11.5 Å². The zero-order valence-electron chi connectivity index (χ0n) is 19.8. The quantitative estimate of drug-likeness (QED) is 0.540. The van der Waals surface area contributed by atoms with Gasteiger partial charge in [-0.05, 0) is 79.8 Å². The second kappa shape index (κ2) is 10.1. The molecular formula is C28H29N3O4. The van der Waals surface area contributed by atoms with E-state index in [2.05, 4.69) is 16.7 Å². The van der Waals surface area contributed by atoms with Crippen molar-refractivity contribution in [3.63, 3.8) is 0 Å². The second-order valence-corrected chi connectivity index (χ2v) is 8.84. The normalized spacial score (nSPS) is 15.4. The van der Waals surface area contributed by atoms with E-state index >= 15 is 0 Å². The Morgan fingerprint density at radius 1 is 0.914 bits per heavy atom. The molecule has 5 rings (SSSR count). The van der Waals surface area contributed by atoms with E-state index < -0.39 is 0 Å². The molecule has 35 heavy (non-hydrogen) atoms. The Kier molecular flexibility index (Phi) is 6.57. The minimum atomic E-state index is -0.208. The number of carbonyl (C=O) groups is 2. The maximum Gasteiger partial charge on any atom is 0.326 e. The van der Waals surface area contributed by atoms with Crippen molar-refractivity contribution in [2.45, 2.75) is 32.2 Å². The first-order valence-electron chi connectivity index (χ1n) is 12.1. The topological polar surface area (TPSA) is 79.9 Å². The summed E-state index contributed by atoms with van der Waals surface area (Å²) in [7, 11) is 0. The van der Waals surface area contributed by atoms with E-state index in [1.807, 2.05) is 43.3 Å². The largest absolute Gasteiger partial charge is 0.486 e. The number of hydrogen-bond donors (Lipinski definition) is 2. The molecule has 2 heterocycles. The number of urea groups is 1. The first kappa shape index (κ1) is 22.8. The average molecular weight is 472 g/mol. The van der Waals surface area contributed by atoms with Gasteiger partial charge in [0.05, 0.1) is 6.04 Å². The van der Waals surface area contributed by atoms with Crippen molar-refractivity contribution >= 4 is 23.3 Å². The summed E-state index contributed by atoms with van der Waals surface area (Å²) in [5.74, 6) is 1.23. The number of hydrogen-bond acceptors (Lipinski definition) is 4. The summed E-state index contributed by atoms with van der Waals surface area (Å²) < 4.78 is 11.2. The monoisotopic (exact) mass is 471 g/mol. The third kappa shape index (κ3) is 5.09. The minimum absolute atomic E-state index is 0.163. The molecule has 2 aliphatic rings. The number of aryl methyl sites for hydroxylation is 1. The van der Waals surface area contributed by atoms with Crippen LogP contribution < -0.4 is 25.0 Å². The molecule has 3 amide bonds. The van der Waals surface area contributed by atoms with Crippen LogP contribution in [0, 0.1) is 0 Å². The number of para-hydroxylation sites is 1. The predicted octanol–water partition coefficient (Wildman–Crippen LogP) is 5.32. The van der Waals surface area contributed by atoms with Crippen molar-refractivity contribution in [3.8, 4) is 11.5 Å². The lowest BCUT2D eigenvalue weighted by atomic mass is 10.1. The zero-order chi connectivity index (χ0) is 24.2. The molecule has 1 unspecified atom stereocenters. The maximum atomic E-state index is 13.0. The SMILES string of the molecule is CC(NC(=O)c1ccc(NC(=O)N2CCCCc3ccccc32)cc1)c1ccc2c(c1)OCCO2. The lowest BCUT2D eigenvalue weighted by Crippen LogP contribution is -2.35. The smallest absolute Gasteiger partial charge is 0.326 e. The maximum absolute atomic E-state index is 13.0. The van der Waals surface area contributed by atoms with Gasteiger partial charge in [0.2, 0.25) is 0 Å². The summed E-state index contributed by atoms with van der Waals surface area (Å²) in [4.78, 5) is 27.6. The molecule has 180 valence electrons. The zero-order valence-corrected chi connectivity index (χ0v) is 19.8. The van der Waals surface area contributed by atoms with Crippen molar-refractivity contribution in [3.05, 3.63) is 83.4 Å². The molecule has 3 aromatic rings. The first-order valence-corrected chi connectivity index (χ1v) is 12.1. The van der Waals surface area contributed by atoms with Crippen LogP contribution >= 0.6 is 0 Å². The summed E-state index contributed by atoms with van der Waals surface area (Å²) in [5, 5.41) is 5.99. The molecule has 2 aliphatic heterocycles. The van der Waals surface area contributed by atoms with E-state index in [9.17, 15) is 9.59 Å². The number of nitrogens with zero attached hydrogens (tertiary/aromatic N) is 1. The molecule has 0 spiro atoms. The van der Waals surface area contributed by atoms with E-state index in [4.69, 9.17) is 9.47 Å². The number of nitrogens with one attached hydrogen (secondary N) is 2. The molecule has 0 aliphatic carbocycles. The molecule has 0 radical (unpaired) electrons. The van der Waals surface area contributed by atoms with Crippen LogP contribution in [0.2, 0.25) is 0 Å². The number of fused-ring (bicyclic) bond motifs is 2. The fourth-order valence-electron chi connectivity index (χ4n) is 4.49. The number of rotatable bonds is 4. The molecule has 2 N–H and O–H groups in total. The summed E-state index contributed by atoms with van der Waals surface area (Å²) in [5.41, 5.74) is 4.26. The molecule has 0 saturated heterocycles. The van der Waals surface area contributed by atoms with Gasteiger partial charge in [-0.2, -0.15) is 0 Å². The highest BCUT2D eigenvalue weighted by atomic mass is 16.6. The number of amides is 3. The predicted molar refractivity (Wildman–Crippen MR) is 135 cm³/mol. The summed E-state index contributed by atoms with van der Waals surface area (Å²) >= 11 is 0. The molecule has 7 heteroatoms. The Morgan fingerprint density at radius 2 is 1.69 bits per heavy atom. The van der Waals surface area contributed by atoms with E-state index in [0.29, 0.717) is 36.8 Å². The van der Waals surface area contributed by atoms with Gasteiger partial charge >= 0.3 is 6.03 Å². The van der Waals surface area contributed by atoms with E-state index in [0.717, 1.165) is 36.3 Å². The molecule has 1 atom stereocenters. The summed E-state index contributed by atoms with van der Waals surface area (Å²) in [6.07, 6.45) is 3.01. The Labute approximate surface area is 205 Å². The van der Waals surface area contributed by atoms with Crippen LogP contribution in [0.1, 0.15) is 47.3 Å². The Morgan fingerprint density at radius 3 is 2.51 bits per heavy atom. The molecule has 0 fully saturated rings. The highest BCUT2D eigenvalue weighted by molar-refractivity contribution is 6.02. The molecule has 0 bridgehead atoms. The second-order valence-electron chi connectivity index (χ2n) is 8.84. The molecule has 0 aromatic heterocycles. The Hall–Kier alpha value is -4.00. The Balaban J connectivity index is 1.22. The molecule has 7 nitrogen and oxygen atoms in total. The number of carbonyl (C=O) groups excluding carboxylic acids is 2. The summed E-state index contributed by atoms with van der Waals surface area (Å²) in [6.45, 7) is 3.67. The number of ether oxygens (including phenoxy) is 2. The van der Waals surface area contributed by atoms with Gasteiger partial charge in [-0.25, -0.2) is 4.79 Å². The first-order chi connectivity index (χ1) is 17.1. The number of benzene rings is 3. The Bertz CT molecular complexity index is 1230. The van der Waals surface area contributed by atoms with Crippen LogP contribution in [0.4, 0.5) is 16.2 Å². The van der Waals surface area contributed by atoms with Gasteiger partial charge in [-0.15, -0.1) is 0 Å². The summed E-state index contributed by atoms with van der Waals surface area (Å²) in [6, 6.07) is 20.3. The van der Waals surface area contributed by atoms with Gasteiger partial charge in [-0.1, -0.05) is 24.3 Å². The highest BCUT2D eigenvalue weighted by Gasteiger charge is 2.21. The average Bonchev–Trinajstić information content (AvgIpc) is 3.11. The molecule has 0 saturated carbocycles. The molecular weight excluding hydrogens is 442 g/mol. The molecule has 3 aromatic carbocycles. The fraction of sp³-hybridized carbons (Fsp3) is 0.286. The third-order valence-corrected chi connectivity index (χ3v) is 6.42. The van der Waals surface area contributed by atoms with Gasteiger partial charge in [-0.3, -0.25) is 9.69 Å². The van der Waals surface area contributed by atoms with E-state index in [-0.39, 0.29) is 18.0 Å². The lowest BCUT2D eigenvalue weighted by Gasteiger charge is -2.23. The van der Waals surface area contributed by atoms with Crippen molar-refractivity contribution in [1.29, 1.82) is 0 Å². The van der Waals surface area contributed by atoms with Crippen LogP contribution in [0.15, 0.2) is 66.7 Å². The minimum Gasteiger partial charge on any atom is -0.486 e. The lowest BCUT2D eigenvalue weighted by molar-refractivity contribution is 0.0939. The van der Waals surface area contributed by atoms with E-state index in [1.54, 1.807) is 29.2 Å². The van der Waals surface area contributed by atoms with Gasteiger partial charge < -0.3 is 20.1 Å². The van der Waals surface area contributed by atoms with Gasteiger partial charge in [0.1, 0.15) is 13.2 Å². The van der Waals surface area contributed by atoms with Gasteiger partial charge in [0, 0.05) is 23.5 Å². The van der Waals surface area contributed by atoms with Crippen molar-refractivity contribution in [1.82, 2.24) is 5.32 Å². The van der Waals surface area contributed by atoms with Crippen LogP contribution in [0.25, 0.3) is 0 Å². The van der Waals surface area contributed by atoms with Crippen LogP contribution in [0.3, 0.4) is 0 Å². The highest BCUT2D eigenvalue weighted by Crippen LogP contribution is 2.32. The van der Waals surface area contributed by atoms with Crippen LogP contribution in [-0.4, -0.2) is 31.7 Å². The van der Waals surface area contributed by atoms with Crippen molar-refractivity contribution in [2.75, 3.05) is 30.0 Å². The fourth-order valence-corrected chi connectivity index (χ4v) is 4.49. The third-order valence-electron chi connectivity index (χ3n) is 6.42. The van der Waals surface area contributed by atoms with Gasteiger partial charge in [0.25, 0.3) is 5.91 Å². The van der Waals surface area contributed by atoms with E-state index in [1.165, 1.54) is 5.56 Å². The van der Waals surface area contributed by atoms with Crippen molar-refractivity contribution in [2.24, 2.45) is 0 Å². The number of anilines is 2. The standard InChI is InChI=1S/C28H29N3O4/c1-19(22-11-14-25-26(18-22)35-17-16-34-25)29-27(32)21-9-12-23(13-10-21)30-28(33)31-15-5-4-7-20-6-2-3-8-24(20)31/h2-3,6,8-14,18-19H,4-5,7,15-17H2,1H3,(H,29,32)(H,30,33).